The fourth-order valence-corrected chi connectivity index (χ4v) is 1.14. The molecule has 1 rings (SSSR count). The van der Waals surface area contributed by atoms with E-state index in [0.29, 0.717) is 0 Å². The zero-order valence-electron chi connectivity index (χ0n) is 8.41. The first-order valence-electron chi connectivity index (χ1n) is 4.23. The number of hydrogen-bond donors (Lipinski definition) is 0. The third-order valence-electron chi connectivity index (χ3n) is 1.70. The molecule has 0 bridgehead atoms. The Hall–Kier alpha value is -1.68. The van der Waals surface area contributed by atoms with Crippen LogP contribution >= 0.6 is 0 Å². The van der Waals surface area contributed by atoms with Gasteiger partial charge in [-0.1, -0.05) is 0 Å². The van der Waals surface area contributed by atoms with Gasteiger partial charge in [-0.15, -0.1) is 13.2 Å². The highest BCUT2D eigenvalue weighted by molar-refractivity contribution is 5.39. The molecule has 0 aliphatic heterocycles. The predicted octanol–water partition coefficient (Wildman–Crippen LogP) is 4.08. The van der Waals surface area contributed by atoms with E-state index in [4.69, 9.17) is 0 Å². The number of ether oxygens (including phenoxy) is 1. The molecule has 2 nitrogen and oxygen atoms in total. The number of aromatic nitrogens is 1. The van der Waals surface area contributed by atoms with Crippen LogP contribution < -0.4 is 4.74 Å². The van der Waals surface area contributed by atoms with Gasteiger partial charge in [0.2, 0.25) is 5.95 Å². The molecule has 0 fully saturated rings. The number of hydrogen-bond acceptors (Lipinski definition) is 2. The SMILES string of the molecule is Fc1cc(OC(F)(F)F)c(C(F)F)c(C(F)(F)F)n1. The fraction of sp³-hybridized carbons (Fsp3) is 0.375. The van der Waals surface area contributed by atoms with Crippen LogP contribution in [-0.2, 0) is 6.18 Å². The Balaban J connectivity index is 3.50. The maximum atomic E-state index is 12.7. The van der Waals surface area contributed by atoms with Crippen molar-refractivity contribution in [2.75, 3.05) is 0 Å². The summed E-state index contributed by atoms with van der Waals surface area (Å²) in [5.41, 5.74) is -4.65. The van der Waals surface area contributed by atoms with Crippen molar-refractivity contribution in [2.24, 2.45) is 0 Å². The maximum absolute atomic E-state index is 12.7. The van der Waals surface area contributed by atoms with Gasteiger partial charge in [0.25, 0.3) is 6.43 Å². The van der Waals surface area contributed by atoms with Crippen molar-refractivity contribution < 1.29 is 44.3 Å². The van der Waals surface area contributed by atoms with Crippen LogP contribution in [0.25, 0.3) is 0 Å². The highest BCUT2D eigenvalue weighted by atomic mass is 19.4. The van der Waals surface area contributed by atoms with E-state index in [0.717, 1.165) is 0 Å². The van der Waals surface area contributed by atoms with Gasteiger partial charge in [0.15, 0.2) is 5.69 Å². The van der Waals surface area contributed by atoms with Crippen LogP contribution in [-0.4, -0.2) is 11.3 Å². The molecule has 1 heterocycles. The van der Waals surface area contributed by atoms with Crippen molar-refractivity contribution in [3.05, 3.63) is 23.3 Å². The molecule has 0 aliphatic carbocycles. The van der Waals surface area contributed by atoms with E-state index < -0.39 is 41.9 Å². The number of nitrogens with zero attached hydrogens (tertiary/aromatic N) is 1. The minimum Gasteiger partial charge on any atom is -0.405 e. The molecule has 0 amide bonds. The van der Waals surface area contributed by atoms with E-state index in [1.54, 1.807) is 0 Å². The van der Waals surface area contributed by atoms with E-state index in [1.807, 2.05) is 0 Å². The molecule has 11 heteroatoms. The normalized spacial score (nSPS) is 12.9. The Morgan fingerprint density at radius 1 is 1.05 bits per heavy atom. The van der Waals surface area contributed by atoms with Crippen LogP contribution in [0.3, 0.4) is 0 Å². The lowest BCUT2D eigenvalue weighted by Gasteiger charge is -2.17. The number of pyridine rings is 1. The highest BCUT2D eigenvalue weighted by Crippen LogP contribution is 2.41. The fourth-order valence-electron chi connectivity index (χ4n) is 1.14. The van der Waals surface area contributed by atoms with Crippen molar-refractivity contribution >= 4 is 0 Å². The van der Waals surface area contributed by atoms with Crippen molar-refractivity contribution in [3.8, 4) is 5.75 Å². The first kappa shape index (κ1) is 15.4. The monoisotopic (exact) mass is 299 g/mol. The molecule has 0 aliphatic rings. The minimum atomic E-state index is -5.56. The average molecular weight is 299 g/mol. The third-order valence-corrected chi connectivity index (χ3v) is 1.70. The highest BCUT2D eigenvalue weighted by Gasteiger charge is 2.42. The van der Waals surface area contributed by atoms with Gasteiger partial charge < -0.3 is 4.74 Å². The summed E-state index contributed by atoms with van der Waals surface area (Å²) in [6, 6.07) is -0.301. The van der Waals surface area contributed by atoms with Gasteiger partial charge >= 0.3 is 12.5 Å². The van der Waals surface area contributed by atoms with Gasteiger partial charge in [0.1, 0.15) is 5.75 Å². The standard InChI is InChI=1S/C8H2F9NO/c9-3-1-2(19-8(15,16)17)4(6(10)11)5(18-3)7(12,13)14/h1,6H. The number of rotatable bonds is 2. The van der Waals surface area contributed by atoms with Crippen molar-refractivity contribution in [3.63, 3.8) is 0 Å². The van der Waals surface area contributed by atoms with Gasteiger partial charge in [0.05, 0.1) is 5.56 Å². The zero-order chi connectivity index (χ0) is 15.0. The Morgan fingerprint density at radius 2 is 1.58 bits per heavy atom. The van der Waals surface area contributed by atoms with E-state index in [2.05, 4.69) is 9.72 Å². The van der Waals surface area contributed by atoms with Gasteiger partial charge in [0, 0.05) is 6.07 Å². The molecular formula is C8H2F9NO. The van der Waals surface area contributed by atoms with Crippen LogP contribution in [0.15, 0.2) is 6.07 Å². The van der Waals surface area contributed by atoms with Gasteiger partial charge in [-0.05, 0) is 0 Å². The Bertz CT molecular complexity index is 465. The third kappa shape index (κ3) is 3.89. The summed E-state index contributed by atoms with van der Waals surface area (Å²) in [4.78, 5) is 2.14. The smallest absolute Gasteiger partial charge is 0.405 e. The molecule has 19 heavy (non-hydrogen) atoms. The minimum absolute atomic E-state index is 0.301. The van der Waals surface area contributed by atoms with Crippen molar-refractivity contribution in [1.82, 2.24) is 4.98 Å². The van der Waals surface area contributed by atoms with Gasteiger partial charge in [-0.25, -0.2) is 13.8 Å². The van der Waals surface area contributed by atoms with E-state index in [9.17, 15) is 39.5 Å². The molecule has 0 radical (unpaired) electrons. The zero-order valence-corrected chi connectivity index (χ0v) is 8.41. The molecule has 0 saturated carbocycles. The summed E-state index contributed by atoms with van der Waals surface area (Å²) in [6.07, 6.45) is -15.1. The molecule has 0 aromatic carbocycles. The van der Waals surface area contributed by atoms with Crippen LogP contribution in [0.5, 0.6) is 5.75 Å². The lowest BCUT2D eigenvalue weighted by Crippen LogP contribution is -2.21. The maximum Gasteiger partial charge on any atom is 0.573 e. The molecular weight excluding hydrogens is 297 g/mol. The molecule has 0 N–H and O–H groups in total. The molecule has 0 spiro atoms. The Morgan fingerprint density at radius 3 is 1.95 bits per heavy atom. The largest absolute Gasteiger partial charge is 0.573 e. The van der Waals surface area contributed by atoms with Crippen molar-refractivity contribution in [2.45, 2.75) is 19.0 Å². The summed E-state index contributed by atoms with van der Waals surface area (Å²) >= 11 is 0. The summed E-state index contributed by atoms with van der Waals surface area (Å²) in [7, 11) is 0. The lowest BCUT2D eigenvalue weighted by atomic mass is 10.1. The molecule has 1 aromatic rings. The molecule has 108 valence electrons. The Labute approximate surface area is 98.3 Å². The summed E-state index contributed by atoms with van der Waals surface area (Å²) in [5, 5.41) is 0. The van der Waals surface area contributed by atoms with Gasteiger partial charge in [-0.3, -0.25) is 0 Å². The molecule has 0 unspecified atom stereocenters. The first-order valence-corrected chi connectivity index (χ1v) is 4.23. The second kappa shape index (κ2) is 4.78. The second-order valence-corrected chi connectivity index (χ2v) is 3.05. The number of halogens is 9. The lowest BCUT2D eigenvalue weighted by molar-refractivity contribution is -0.275. The Kier molecular flexibility index (Phi) is 3.87. The topological polar surface area (TPSA) is 22.1 Å². The van der Waals surface area contributed by atoms with E-state index in [-0.39, 0.29) is 6.07 Å². The van der Waals surface area contributed by atoms with Gasteiger partial charge in [-0.2, -0.15) is 17.6 Å². The van der Waals surface area contributed by atoms with Crippen LogP contribution in [0.1, 0.15) is 17.7 Å². The van der Waals surface area contributed by atoms with Crippen LogP contribution in [0, 0.1) is 5.95 Å². The quantitative estimate of drug-likeness (QED) is 0.606. The molecule has 0 saturated heterocycles. The number of alkyl halides is 8. The summed E-state index contributed by atoms with van der Waals surface area (Å²) < 4.78 is 113. The second-order valence-electron chi connectivity index (χ2n) is 3.05. The molecule has 1 aromatic heterocycles. The first-order chi connectivity index (χ1) is 8.42. The molecule has 0 atom stereocenters. The van der Waals surface area contributed by atoms with E-state index >= 15 is 0 Å². The average Bonchev–Trinajstić information content (AvgIpc) is 2.11. The predicted molar refractivity (Wildman–Crippen MR) is 40.8 cm³/mol. The van der Waals surface area contributed by atoms with Crippen molar-refractivity contribution in [1.29, 1.82) is 0 Å². The summed E-state index contributed by atoms with van der Waals surface area (Å²) in [6.45, 7) is 0. The van der Waals surface area contributed by atoms with Crippen LogP contribution in [0.4, 0.5) is 39.5 Å². The summed E-state index contributed by atoms with van der Waals surface area (Å²) in [5.74, 6) is -4.02. The van der Waals surface area contributed by atoms with Crippen LogP contribution in [0.2, 0.25) is 0 Å². The van der Waals surface area contributed by atoms with E-state index in [1.165, 1.54) is 0 Å².